The van der Waals surface area contributed by atoms with Crippen molar-refractivity contribution in [2.75, 3.05) is 31.6 Å². The van der Waals surface area contributed by atoms with Crippen LogP contribution in [0.15, 0.2) is 48.8 Å². The van der Waals surface area contributed by atoms with Gasteiger partial charge in [-0.15, -0.1) is 0 Å². The van der Waals surface area contributed by atoms with Gasteiger partial charge in [0.25, 0.3) is 11.8 Å². The minimum absolute atomic E-state index is 0.0866. The smallest absolute Gasteiger partial charge is 0.351 e. The van der Waals surface area contributed by atoms with Crippen molar-refractivity contribution in [2.24, 2.45) is 0 Å². The predicted octanol–water partition coefficient (Wildman–Crippen LogP) is 5.18. The largest absolute Gasteiger partial charge is 0.491 e. The Hall–Kier alpha value is -3.73. The fourth-order valence-corrected chi connectivity index (χ4v) is 5.41. The number of pyridine rings is 1. The summed E-state index contributed by atoms with van der Waals surface area (Å²) in [5.74, 6) is 0.900. The van der Waals surface area contributed by atoms with Crippen LogP contribution in [0.3, 0.4) is 0 Å². The van der Waals surface area contributed by atoms with Gasteiger partial charge in [0.1, 0.15) is 29.2 Å². The Morgan fingerprint density at radius 3 is 2.35 bits per heavy atom. The third kappa shape index (κ3) is 7.68. The second kappa shape index (κ2) is 13.1. The van der Waals surface area contributed by atoms with Crippen molar-refractivity contribution in [3.63, 3.8) is 0 Å². The number of carbonyl (C=O) groups is 2. The first-order valence-corrected chi connectivity index (χ1v) is 14.9. The zero-order valence-electron chi connectivity index (χ0n) is 23.0. The number of hydrogen-bond acceptors (Lipinski definition) is 9. The molecule has 1 aromatic carbocycles. The molecule has 1 saturated heterocycles. The molecule has 4 rings (SSSR count). The molecule has 2 aromatic heterocycles. The maximum Gasteiger partial charge on any atom is 0.351 e. The van der Waals surface area contributed by atoms with E-state index in [9.17, 15) is 14.2 Å². The Balaban J connectivity index is 1.48. The lowest BCUT2D eigenvalue weighted by Crippen LogP contribution is -2.42. The molecule has 0 unspecified atom stereocenters. The first-order valence-electron chi connectivity index (χ1n) is 13.2. The highest BCUT2D eigenvalue weighted by Gasteiger charge is 2.25. The molecule has 0 spiro atoms. The fraction of sp³-hybridized carbons (Fsp3) is 0.407. The van der Waals surface area contributed by atoms with E-state index in [1.165, 1.54) is 10.9 Å². The number of carbonyl (C=O) groups excluding carboxylic acids is 2. The van der Waals surface area contributed by atoms with Crippen LogP contribution in [0.1, 0.15) is 55.0 Å². The van der Waals surface area contributed by atoms with Gasteiger partial charge in [-0.1, -0.05) is 0 Å². The number of nitrogens with zero attached hydrogens (tertiary/aromatic N) is 4. The number of anilines is 1. The first-order chi connectivity index (χ1) is 19.2. The van der Waals surface area contributed by atoms with E-state index >= 15 is 0 Å². The van der Waals surface area contributed by atoms with Gasteiger partial charge in [0.05, 0.1) is 25.5 Å². The van der Waals surface area contributed by atoms with Gasteiger partial charge < -0.3 is 28.7 Å². The van der Waals surface area contributed by atoms with Crippen LogP contribution in [0, 0.1) is 0 Å². The topological polar surface area (TPSA) is 134 Å². The molecule has 2 amide bonds. The van der Waals surface area contributed by atoms with Gasteiger partial charge in [0.15, 0.2) is 5.82 Å². The van der Waals surface area contributed by atoms with Gasteiger partial charge in [-0.3, -0.25) is 18.8 Å². The molecule has 0 atom stereocenters. The molecule has 1 N–H and O–H groups in total. The highest BCUT2D eigenvalue weighted by Crippen LogP contribution is 2.49. The zero-order chi connectivity index (χ0) is 28.7. The van der Waals surface area contributed by atoms with E-state index in [0.717, 1.165) is 19.5 Å². The molecule has 214 valence electrons. The molecule has 0 radical (unpaired) electrons. The summed E-state index contributed by atoms with van der Waals surface area (Å²) >= 11 is 0. The minimum atomic E-state index is -3.36. The van der Waals surface area contributed by atoms with Crippen LogP contribution in [-0.2, 0) is 19.9 Å². The number of nitrogens with one attached hydrogen (secondary N) is 1. The summed E-state index contributed by atoms with van der Waals surface area (Å²) in [6.07, 6.45) is 3.83. The van der Waals surface area contributed by atoms with Crippen molar-refractivity contribution in [1.29, 1.82) is 0 Å². The summed E-state index contributed by atoms with van der Waals surface area (Å²) in [5, 5.41) is 7.02. The summed E-state index contributed by atoms with van der Waals surface area (Å²) in [6, 6.07) is 9.70. The molecule has 3 heterocycles. The number of amides is 2. The predicted molar refractivity (Wildman–Crippen MR) is 148 cm³/mol. The average molecular weight is 572 g/mol. The molecule has 13 heteroatoms. The Morgan fingerprint density at radius 2 is 1.75 bits per heavy atom. The Labute approximate surface area is 233 Å². The van der Waals surface area contributed by atoms with E-state index in [0.29, 0.717) is 22.9 Å². The number of aromatic nitrogens is 3. The monoisotopic (exact) mass is 571 g/mol. The molecule has 12 nitrogen and oxygen atoms in total. The summed E-state index contributed by atoms with van der Waals surface area (Å²) < 4.78 is 36.6. The molecule has 1 aliphatic rings. The summed E-state index contributed by atoms with van der Waals surface area (Å²) in [7, 11) is -3.36. The number of benzene rings is 1. The van der Waals surface area contributed by atoms with E-state index in [1.54, 1.807) is 61.3 Å². The Bertz CT molecular complexity index is 1360. The standard InChI is InChI=1S/C27H34N5O7P/c1-5-36-40(35,37-6-2)18-32-13-10-25(30-32)29-26(33)20-14-22(38-19(3)4)16-23(15-20)39-21-8-9-24(28-17-21)27(34)31-11-7-12-31/h8-10,13-17,19H,5-7,11-12,18H2,1-4H3,(H,29,30,33). The van der Waals surface area contributed by atoms with Crippen molar-refractivity contribution in [3.8, 4) is 17.2 Å². The van der Waals surface area contributed by atoms with E-state index in [1.807, 2.05) is 13.8 Å². The molecule has 1 aliphatic heterocycles. The van der Waals surface area contributed by atoms with Gasteiger partial charge in [0.2, 0.25) is 0 Å². The lowest BCUT2D eigenvalue weighted by Gasteiger charge is -2.30. The highest BCUT2D eigenvalue weighted by molar-refractivity contribution is 7.52. The van der Waals surface area contributed by atoms with Crippen molar-refractivity contribution in [2.45, 2.75) is 46.5 Å². The quantitative estimate of drug-likeness (QED) is 0.275. The van der Waals surface area contributed by atoms with Crippen LogP contribution in [0.5, 0.6) is 17.2 Å². The van der Waals surface area contributed by atoms with Gasteiger partial charge >= 0.3 is 7.60 Å². The molecule has 0 bridgehead atoms. The van der Waals surface area contributed by atoms with E-state index in [4.69, 9.17) is 18.5 Å². The van der Waals surface area contributed by atoms with Gasteiger partial charge in [-0.2, -0.15) is 5.10 Å². The van der Waals surface area contributed by atoms with Crippen LogP contribution < -0.4 is 14.8 Å². The molecular formula is C27H34N5O7P. The fourth-order valence-electron chi connectivity index (χ4n) is 3.87. The van der Waals surface area contributed by atoms with Crippen molar-refractivity contribution < 1.29 is 32.7 Å². The second-order valence-corrected chi connectivity index (χ2v) is 11.3. The van der Waals surface area contributed by atoms with E-state index in [2.05, 4.69) is 15.4 Å². The SMILES string of the molecule is CCOP(=O)(Cn1ccc(NC(=O)c2cc(Oc3ccc(C(=O)N4CCC4)nc3)cc(OC(C)C)c2)n1)OCC. The molecule has 1 fully saturated rings. The van der Waals surface area contributed by atoms with Gasteiger partial charge in [-0.25, -0.2) is 4.98 Å². The van der Waals surface area contributed by atoms with Crippen molar-refractivity contribution >= 4 is 25.2 Å². The maximum atomic E-state index is 13.1. The Morgan fingerprint density at radius 1 is 1.02 bits per heavy atom. The summed E-state index contributed by atoms with van der Waals surface area (Å²) in [6.45, 7) is 9.17. The Kier molecular flexibility index (Phi) is 9.57. The van der Waals surface area contributed by atoms with Crippen LogP contribution >= 0.6 is 7.60 Å². The number of hydrogen-bond donors (Lipinski definition) is 1. The van der Waals surface area contributed by atoms with Crippen LogP contribution in [0.2, 0.25) is 0 Å². The third-order valence-corrected chi connectivity index (χ3v) is 7.64. The first kappa shape index (κ1) is 29.3. The molecule has 3 aromatic rings. The molecule has 0 saturated carbocycles. The molecular weight excluding hydrogens is 537 g/mol. The van der Waals surface area contributed by atoms with Gasteiger partial charge in [-0.05, 0) is 58.4 Å². The summed E-state index contributed by atoms with van der Waals surface area (Å²) in [5.41, 5.74) is 0.622. The zero-order valence-corrected chi connectivity index (χ0v) is 23.9. The third-order valence-electron chi connectivity index (χ3n) is 5.70. The van der Waals surface area contributed by atoms with Gasteiger partial charge in [0, 0.05) is 37.0 Å². The lowest BCUT2D eigenvalue weighted by atomic mass is 10.2. The minimum Gasteiger partial charge on any atom is -0.491 e. The highest BCUT2D eigenvalue weighted by atomic mass is 31.2. The molecule has 0 aliphatic carbocycles. The average Bonchev–Trinajstić information content (AvgIpc) is 3.29. The summed E-state index contributed by atoms with van der Waals surface area (Å²) in [4.78, 5) is 31.5. The van der Waals surface area contributed by atoms with Crippen molar-refractivity contribution in [3.05, 3.63) is 60.0 Å². The maximum absolute atomic E-state index is 13.1. The molecule has 40 heavy (non-hydrogen) atoms. The van der Waals surface area contributed by atoms with E-state index in [-0.39, 0.29) is 42.9 Å². The van der Waals surface area contributed by atoms with Crippen molar-refractivity contribution in [1.82, 2.24) is 19.7 Å². The number of rotatable bonds is 13. The lowest BCUT2D eigenvalue weighted by molar-refractivity contribution is 0.0645. The number of likely N-dealkylation sites (tertiary alicyclic amines) is 1. The normalized spacial score (nSPS) is 13.2. The van der Waals surface area contributed by atoms with Crippen LogP contribution in [0.4, 0.5) is 5.82 Å². The number of ether oxygens (including phenoxy) is 2. The second-order valence-electron chi connectivity index (χ2n) is 9.27. The van der Waals surface area contributed by atoms with E-state index < -0.39 is 13.5 Å². The van der Waals surface area contributed by atoms with Crippen LogP contribution in [0.25, 0.3) is 0 Å². The van der Waals surface area contributed by atoms with Crippen LogP contribution in [-0.4, -0.2) is 63.9 Å².